The monoisotopic (exact) mass is 190 g/mol. The van der Waals surface area contributed by atoms with Crippen LogP contribution >= 0.6 is 11.8 Å². The molecule has 0 saturated carbocycles. The van der Waals surface area contributed by atoms with Gasteiger partial charge >= 0.3 is 0 Å². The molecular formula is C8H14O3S. The van der Waals surface area contributed by atoms with Crippen LogP contribution in [0.4, 0.5) is 0 Å². The van der Waals surface area contributed by atoms with E-state index < -0.39 is 5.79 Å². The minimum absolute atomic E-state index is 0.139. The molecule has 1 unspecified atom stereocenters. The molecule has 0 radical (unpaired) electrons. The summed E-state index contributed by atoms with van der Waals surface area (Å²) in [5, 5.41) is 9.28. The molecule has 4 heteroatoms. The third-order valence-corrected chi connectivity index (χ3v) is 4.16. The second-order valence-electron chi connectivity index (χ2n) is 3.66. The van der Waals surface area contributed by atoms with Crippen LogP contribution in [0.2, 0.25) is 0 Å². The molecule has 1 spiro atoms. The summed E-state index contributed by atoms with van der Waals surface area (Å²) in [6, 6.07) is 0. The Morgan fingerprint density at radius 3 is 2.58 bits per heavy atom. The molecule has 2 rings (SSSR count). The minimum atomic E-state index is -0.494. The van der Waals surface area contributed by atoms with Gasteiger partial charge in [-0.3, -0.25) is 0 Å². The highest BCUT2D eigenvalue weighted by Crippen LogP contribution is 2.48. The molecule has 2 saturated heterocycles. The van der Waals surface area contributed by atoms with E-state index in [4.69, 9.17) is 9.47 Å². The van der Waals surface area contributed by atoms with Gasteiger partial charge in [0.15, 0.2) is 5.79 Å². The maximum Gasteiger partial charge on any atom is 0.185 e. The van der Waals surface area contributed by atoms with E-state index in [2.05, 4.69) is 0 Å². The smallest absolute Gasteiger partial charge is 0.185 e. The summed E-state index contributed by atoms with van der Waals surface area (Å²) in [4.78, 5) is 0. The number of hydrogen-bond donors (Lipinski definition) is 1. The Labute approximate surface area is 76.4 Å². The molecule has 2 aliphatic heterocycles. The van der Waals surface area contributed by atoms with E-state index in [1.807, 2.05) is 6.92 Å². The van der Waals surface area contributed by atoms with E-state index in [0.29, 0.717) is 13.2 Å². The number of thioether (sulfide) groups is 1. The average molecular weight is 190 g/mol. The van der Waals surface area contributed by atoms with Crippen LogP contribution in [-0.2, 0) is 9.47 Å². The number of ether oxygens (including phenoxy) is 2. The van der Waals surface area contributed by atoms with Crippen molar-refractivity contribution in [3.05, 3.63) is 0 Å². The molecule has 0 amide bonds. The van der Waals surface area contributed by atoms with Crippen molar-refractivity contribution in [1.82, 2.24) is 0 Å². The van der Waals surface area contributed by atoms with Crippen LogP contribution < -0.4 is 0 Å². The Morgan fingerprint density at radius 1 is 1.33 bits per heavy atom. The molecule has 70 valence electrons. The van der Waals surface area contributed by atoms with Gasteiger partial charge in [-0.15, -0.1) is 0 Å². The van der Waals surface area contributed by atoms with Crippen LogP contribution in [-0.4, -0.2) is 42.2 Å². The first kappa shape index (κ1) is 8.81. The van der Waals surface area contributed by atoms with E-state index in [0.717, 1.165) is 11.5 Å². The number of hydrogen-bond acceptors (Lipinski definition) is 4. The fourth-order valence-corrected chi connectivity index (χ4v) is 3.40. The largest absolute Gasteiger partial charge is 0.396 e. The van der Waals surface area contributed by atoms with Gasteiger partial charge in [-0.2, -0.15) is 11.8 Å². The van der Waals surface area contributed by atoms with Crippen LogP contribution in [0.1, 0.15) is 6.92 Å². The Morgan fingerprint density at radius 2 is 2.00 bits per heavy atom. The van der Waals surface area contributed by atoms with Crippen LogP contribution in [0.15, 0.2) is 0 Å². The number of aliphatic hydroxyl groups is 1. The average Bonchev–Trinajstić information content (AvgIpc) is 2.64. The van der Waals surface area contributed by atoms with Gasteiger partial charge in [0.05, 0.1) is 25.2 Å². The Bertz CT molecular complexity index is 174. The van der Waals surface area contributed by atoms with Gasteiger partial charge in [0.2, 0.25) is 0 Å². The fraction of sp³-hybridized carbons (Fsp3) is 1.00. The van der Waals surface area contributed by atoms with E-state index in [1.165, 1.54) is 0 Å². The molecule has 1 N–H and O–H groups in total. The summed E-state index contributed by atoms with van der Waals surface area (Å²) in [5.74, 6) is 1.28. The van der Waals surface area contributed by atoms with Crippen molar-refractivity contribution >= 4 is 11.8 Å². The lowest BCUT2D eigenvalue weighted by Crippen LogP contribution is -2.48. The topological polar surface area (TPSA) is 38.7 Å². The van der Waals surface area contributed by atoms with Crippen LogP contribution in [0.3, 0.4) is 0 Å². The Hall–Kier alpha value is 0.230. The standard InChI is InChI=1S/C8H14O3S/c1-7(4-9)5-12-6-8(7)10-2-3-11-8/h9H,2-6H2,1H3. The second kappa shape index (κ2) is 2.87. The van der Waals surface area contributed by atoms with Gasteiger partial charge in [0.25, 0.3) is 0 Å². The van der Waals surface area contributed by atoms with Crippen molar-refractivity contribution < 1.29 is 14.6 Å². The maximum absolute atomic E-state index is 9.28. The molecular weight excluding hydrogens is 176 g/mol. The summed E-state index contributed by atoms with van der Waals surface area (Å²) >= 11 is 1.79. The second-order valence-corrected chi connectivity index (χ2v) is 4.65. The van der Waals surface area contributed by atoms with Gasteiger partial charge in [0.1, 0.15) is 0 Å². The first-order valence-corrected chi connectivity index (χ1v) is 5.34. The summed E-state index contributed by atoms with van der Waals surface area (Å²) in [6.45, 7) is 3.49. The van der Waals surface area contributed by atoms with E-state index in [-0.39, 0.29) is 12.0 Å². The zero-order valence-corrected chi connectivity index (χ0v) is 8.02. The highest BCUT2D eigenvalue weighted by Gasteiger charge is 2.56. The van der Waals surface area contributed by atoms with Crippen molar-refractivity contribution in [2.45, 2.75) is 12.7 Å². The number of aliphatic hydroxyl groups excluding tert-OH is 1. The normalized spacial score (nSPS) is 39.5. The lowest BCUT2D eigenvalue weighted by Gasteiger charge is -2.36. The van der Waals surface area contributed by atoms with Crippen LogP contribution in [0.25, 0.3) is 0 Å². The lowest BCUT2D eigenvalue weighted by atomic mass is 9.85. The number of rotatable bonds is 1. The maximum atomic E-state index is 9.28. The summed E-state index contributed by atoms with van der Waals surface area (Å²) in [7, 11) is 0. The molecule has 2 aliphatic rings. The highest BCUT2D eigenvalue weighted by atomic mass is 32.2. The SMILES string of the molecule is CC1(CO)CSCC12OCCO2. The van der Waals surface area contributed by atoms with Crippen LogP contribution in [0.5, 0.6) is 0 Å². The van der Waals surface area contributed by atoms with Crippen molar-refractivity contribution in [3.63, 3.8) is 0 Å². The molecule has 0 aromatic rings. The van der Waals surface area contributed by atoms with E-state index >= 15 is 0 Å². The molecule has 0 aromatic heterocycles. The van der Waals surface area contributed by atoms with E-state index in [9.17, 15) is 5.11 Å². The van der Waals surface area contributed by atoms with E-state index in [1.54, 1.807) is 11.8 Å². The van der Waals surface area contributed by atoms with Crippen molar-refractivity contribution in [2.24, 2.45) is 5.41 Å². The molecule has 0 bridgehead atoms. The van der Waals surface area contributed by atoms with Gasteiger partial charge in [-0.05, 0) is 0 Å². The zero-order valence-electron chi connectivity index (χ0n) is 7.21. The molecule has 1 atom stereocenters. The summed E-state index contributed by atoms with van der Waals surface area (Å²) < 4.78 is 11.2. The molecule has 0 aliphatic carbocycles. The summed E-state index contributed by atoms with van der Waals surface area (Å²) in [5.41, 5.74) is -0.214. The molecule has 12 heavy (non-hydrogen) atoms. The van der Waals surface area contributed by atoms with Crippen LogP contribution in [0, 0.1) is 5.41 Å². The van der Waals surface area contributed by atoms with Gasteiger partial charge in [-0.1, -0.05) is 6.92 Å². The van der Waals surface area contributed by atoms with Crippen molar-refractivity contribution in [3.8, 4) is 0 Å². The molecule has 0 aromatic carbocycles. The van der Waals surface area contributed by atoms with Gasteiger partial charge < -0.3 is 14.6 Å². The summed E-state index contributed by atoms with van der Waals surface area (Å²) in [6.07, 6.45) is 0. The zero-order chi connectivity index (χ0) is 8.66. The Kier molecular flexibility index (Phi) is 2.11. The fourth-order valence-electron chi connectivity index (χ4n) is 1.75. The van der Waals surface area contributed by atoms with Crippen molar-refractivity contribution in [1.29, 1.82) is 0 Å². The first-order valence-electron chi connectivity index (χ1n) is 4.19. The molecule has 2 heterocycles. The third kappa shape index (κ3) is 1.02. The first-order chi connectivity index (χ1) is 5.72. The predicted molar refractivity (Wildman–Crippen MR) is 47.2 cm³/mol. The minimum Gasteiger partial charge on any atom is -0.396 e. The van der Waals surface area contributed by atoms with Crippen molar-refractivity contribution in [2.75, 3.05) is 31.3 Å². The highest BCUT2D eigenvalue weighted by molar-refractivity contribution is 7.99. The Balaban J connectivity index is 2.22. The van der Waals surface area contributed by atoms with Gasteiger partial charge in [-0.25, -0.2) is 0 Å². The molecule has 2 fully saturated rings. The third-order valence-electron chi connectivity index (χ3n) is 2.74. The quantitative estimate of drug-likeness (QED) is 0.652. The molecule has 3 nitrogen and oxygen atoms in total. The lowest BCUT2D eigenvalue weighted by molar-refractivity contribution is -0.212. The predicted octanol–water partition coefficient (Wildman–Crippen LogP) is 0.475. The van der Waals surface area contributed by atoms with Gasteiger partial charge in [0, 0.05) is 11.5 Å².